The minimum absolute atomic E-state index is 0.181. The monoisotopic (exact) mass is 280 g/mol. The lowest BCUT2D eigenvalue weighted by Gasteiger charge is -2.06. The fourth-order valence-electron chi connectivity index (χ4n) is 1.64. The van der Waals surface area contributed by atoms with Crippen molar-refractivity contribution >= 4 is 11.9 Å². The Kier molecular flexibility index (Phi) is 7.86. The molecule has 1 rings (SSSR count). The third-order valence-electron chi connectivity index (χ3n) is 2.76. The van der Waals surface area contributed by atoms with E-state index in [4.69, 9.17) is 5.73 Å². The van der Waals surface area contributed by atoms with Crippen molar-refractivity contribution in [2.24, 2.45) is 10.7 Å². The number of rotatable bonds is 9. The Balaban J connectivity index is 2.05. The Morgan fingerprint density at radius 2 is 2.15 bits per heavy atom. The molecule has 0 unspecified atom stereocenters. The minimum Gasteiger partial charge on any atom is -0.370 e. The molecule has 1 aromatic heterocycles. The van der Waals surface area contributed by atoms with Crippen LogP contribution in [0.1, 0.15) is 43.1 Å². The molecule has 0 aliphatic heterocycles. The number of hydrogen-bond acceptors (Lipinski definition) is 3. The van der Waals surface area contributed by atoms with Crippen LogP contribution in [-0.4, -0.2) is 41.7 Å². The van der Waals surface area contributed by atoms with Crippen LogP contribution in [0.2, 0.25) is 0 Å². The van der Waals surface area contributed by atoms with Crippen LogP contribution in [0.25, 0.3) is 0 Å². The van der Waals surface area contributed by atoms with Crippen LogP contribution in [0.15, 0.2) is 17.3 Å². The summed E-state index contributed by atoms with van der Waals surface area (Å²) in [4.78, 5) is 15.8. The highest BCUT2D eigenvalue weighted by atomic mass is 16.1. The zero-order valence-corrected chi connectivity index (χ0v) is 12.0. The van der Waals surface area contributed by atoms with Gasteiger partial charge >= 0.3 is 0 Å². The highest BCUT2D eigenvalue weighted by molar-refractivity contribution is 5.92. The molecule has 7 heteroatoms. The van der Waals surface area contributed by atoms with E-state index >= 15 is 0 Å². The number of guanidine groups is 1. The number of H-pyrrole nitrogens is 1. The summed E-state index contributed by atoms with van der Waals surface area (Å²) >= 11 is 0. The zero-order valence-electron chi connectivity index (χ0n) is 12.0. The molecule has 112 valence electrons. The summed E-state index contributed by atoms with van der Waals surface area (Å²) in [6.07, 6.45) is 6.24. The number of amides is 1. The van der Waals surface area contributed by atoms with Crippen LogP contribution in [-0.2, 0) is 0 Å². The summed E-state index contributed by atoms with van der Waals surface area (Å²) in [5, 5.41) is 12.0. The summed E-state index contributed by atoms with van der Waals surface area (Å²) in [7, 11) is 0. The van der Waals surface area contributed by atoms with Gasteiger partial charge in [-0.15, -0.1) is 0 Å². The van der Waals surface area contributed by atoms with Gasteiger partial charge in [-0.05, 0) is 12.5 Å². The molecule has 0 spiro atoms. The lowest BCUT2D eigenvalue weighted by Crippen LogP contribution is -2.38. The molecule has 0 bridgehead atoms. The molecule has 1 aromatic rings. The standard InChI is InChI=1S/C13H24N6O/c1-2-3-4-5-7-16-13(14)17-10-9-15-12(20)11-6-8-18-19-11/h6,8H,2-5,7,9-10H2,1H3,(H,15,20)(H,18,19)(H3,14,16,17). The second-order valence-electron chi connectivity index (χ2n) is 4.48. The van der Waals surface area contributed by atoms with Crippen molar-refractivity contribution in [2.45, 2.75) is 32.6 Å². The van der Waals surface area contributed by atoms with Gasteiger partial charge in [-0.2, -0.15) is 5.10 Å². The normalized spacial score (nSPS) is 11.3. The van der Waals surface area contributed by atoms with Gasteiger partial charge in [-0.1, -0.05) is 26.2 Å². The first-order valence-corrected chi connectivity index (χ1v) is 7.05. The SMILES string of the molecule is CCCCCCN=C(N)NCCNC(=O)c1ccn[nH]1. The smallest absolute Gasteiger partial charge is 0.269 e. The van der Waals surface area contributed by atoms with E-state index in [-0.39, 0.29) is 5.91 Å². The Labute approximate surface area is 119 Å². The number of nitrogens with zero attached hydrogens (tertiary/aromatic N) is 2. The molecule has 0 aromatic carbocycles. The predicted octanol–water partition coefficient (Wildman–Crippen LogP) is 0.624. The molecule has 0 radical (unpaired) electrons. The first kappa shape index (κ1) is 16.0. The zero-order chi connectivity index (χ0) is 14.6. The van der Waals surface area contributed by atoms with Crippen molar-refractivity contribution in [1.29, 1.82) is 0 Å². The summed E-state index contributed by atoms with van der Waals surface area (Å²) < 4.78 is 0. The lowest BCUT2D eigenvalue weighted by atomic mass is 10.2. The maximum atomic E-state index is 11.6. The molecule has 5 N–H and O–H groups in total. The quantitative estimate of drug-likeness (QED) is 0.302. The fraction of sp³-hybridized carbons (Fsp3) is 0.615. The van der Waals surface area contributed by atoms with Crippen molar-refractivity contribution in [3.05, 3.63) is 18.0 Å². The van der Waals surface area contributed by atoms with Crippen LogP contribution < -0.4 is 16.4 Å². The first-order valence-electron chi connectivity index (χ1n) is 7.05. The van der Waals surface area contributed by atoms with Crippen LogP contribution in [0, 0.1) is 0 Å². The molecular formula is C13H24N6O. The molecule has 0 aliphatic rings. The van der Waals surface area contributed by atoms with Crippen LogP contribution in [0.3, 0.4) is 0 Å². The molecule has 0 saturated heterocycles. The summed E-state index contributed by atoms with van der Waals surface area (Å²) in [6.45, 7) is 3.95. The fourth-order valence-corrected chi connectivity index (χ4v) is 1.64. The van der Waals surface area contributed by atoms with Crippen molar-refractivity contribution in [1.82, 2.24) is 20.8 Å². The predicted molar refractivity (Wildman–Crippen MR) is 79.6 cm³/mol. The molecule has 0 atom stereocenters. The van der Waals surface area contributed by atoms with E-state index in [1.165, 1.54) is 25.5 Å². The lowest BCUT2D eigenvalue weighted by molar-refractivity contribution is 0.0949. The minimum atomic E-state index is -0.181. The van der Waals surface area contributed by atoms with Gasteiger partial charge in [0.2, 0.25) is 0 Å². The average Bonchev–Trinajstić information content (AvgIpc) is 2.97. The van der Waals surface area contributed by atoms with Gasteiger partial charge in [0.25, 0.3) is 5.91 Å². The summed E-state index contributed by atoms with van der Waals surface area (Å²) in [6, 6.07) is 1.62. The average molecular weight is 280 g/mol. The Morgan fingerprint density at radius 1 is 1.35 bits per heavy atom. The maximum Gasteiger partial charge on any atom is 0.269 e. The first-order chi connectivity index (χ1) is 9.74. The van der Waals surface area contributed by atoms with Gasteiger partial charge < -0.3 is 16.4 Å². The number of carbonyl (C=O) groups is 1. The summed E-state index contributed by atoms with van der Waals surface area (Å²) in [5.41, 5.74) is 6.16. The third-order valence-corrected chi connectivity index (χ3v) is 2.76. The molecular weight excluding hydrogens is 256 g/mol. The van der Waals surface area contributed by atoms with Gasteiger partial charge in [0, 0.05) is 25.8 Å². The molecule has 7 nitrogen and oxygen atoms in total. The number of carbonyl (C=O) groups excluding carboxylic acids is 1. The largest absolute Gasteiger partial charge is 0.370 e. The van der Waals surface area contributed by atoms with Crippen LogP contribution in [0.5, 0.6) is 0 Å². The Bertz CT molecular complexity index is 401. The van der Waals surface area contributed by atoms with E-state index in [9.17, 15) is 4.79 Å². The van der Waals surface area contributed by atoms with E-state index in [0.717, 1.165) is 13.0 Å². The van der Waals surface area contributed by atoms with E-state index in [1.54, 1.807) is 6.07 Å². The van der Waals surface area contributed by atoms with Crippen molar-refractivity contribution < 1.29 is 4.79 Å². The molecule has 20 heavy (non-hydrogen) atoms. The summed E-state index contributed by atoms with van der Waals surface area (Å²) in [5.74, 6) is 0.247. The highest BCUT2D eigenvalue weighted by Crippen LogP contribution is 1.98. The topological polar surface area (TPSA) is 108 Å². The Morgan fingerprint density at radius 3 is 2.85 bits per heavy atom. The molecule has 1 amide bonds. The van der Waals surface area contributed by atoms with Gasteiger partial charge in [0.05, 0.1) is 0 Å². The Hall–Kier alpha value is -2.05. The number of aromatic amines is 1. The van der Waals surface area contributed by atoms with Gasteiger partial charge in [-0.3, -0.25) is 14.9 Å². The second-order valence-corrected chi connectivity index (χ2v) is 4.48. The van der Waals surface area contributed by atoms with E-state index in [1.807, 2.05) is 0 Å². The van der Waals surface area contributed by atoms with E-state index < -0.39 is 0 Å². The second kappa shape index (κ2) is 9.82. The van der Waals surface area contributed by atoms with Crippen molar-refractivity contribution in [3.8, 4) is 0 Å². The molecule has 1 heterocycles. The third kappa shape index (κ3) is 6.77. The number of unbranched alkanes of at least 4 members (excludes halogenated alkanes) is 3. The number of hydrogen-bond donors (Lipinski definition) is 4. The maximum absolute atomic E-state index is 11.6. The van der Waals surface area contributed by atoms with Crippen molar-refractivity contribution in [3.63, 3.8) is 0 Å². The van der Waals surface area contributed by atoms with E-state index in [2.05, 4.69) is 32.7 Å². The van der Waals surface area contributed by atoms with Crippen molar-refractivity contribution in [2.75, 3.05) is 19.6 Å². The molecule has 0 aliphatic carbocycles. The number of aromatic nitrogens is 2. The highest BCUT2D eigenvalue weighted by Gasteiger charge is 2.04. The van der Waals surface area contributed by atoms with E-state index in [0.29, 0.717) is 24.7 Å². The van der Waals surface area contributed by atoms with Crippen LogP contribution >= 0.6 is 0 Å². The van der Waals surface area contributed by atoms with Crippen LogP contribution in [0.4, 0.5) is 0 Å². The number of nitrogens with two attached hydrogens (primary N) is 1. The number of aliphatic imine (C=N–C) groups is 1. The van der Waals surface area contributed by atoms with Gasteiger partial charge in [0.1, 0.15) is 5.69 Å². The van der Waals surface area contributed by atoms with Gasteiger partial charge in [-0.25, -0.2) is 0 Å². The molecule has 0 fully saturated rings. The van der Waals surface area contributed by atoms with Gasteiger partial charge in [0.15, 0.2) is 5.96 Å². The molecule has 0 saturated carbocycles. The number of nitrogens with one attached hydrogen (secondary N) is 3.